The highest BCUT2D eigenvalue weighted by Gasteiger charge is 2.23. The van der Waals surface area contributed by atoms with Crippen molar-refractivity contribution in [2.24, 2.45) is 10.9 Å². The minimum absolute atomic E-state index is 0. The van der Waals surface area contributed by atoms with Crippen molar-refractivity contribution in [2.75, 3.05) is 26.7 Å². The third kappa shape index (κ3) is 6.78. The Morgan fingerprint density at radius 3 is 2.54 bits per heavy atom. The maximum Gasteiger partial charge on any atom is 0.220 e. The zero-order valence-corrected chi connectivity index (χ0v) is 18.8. The molecule has 1 aromatic rings. The van der Waals surface area contributed by atoms with Gasteiger partial charge < -0.3 is 15.5 Å². The van der Waals surface area contributed by atoms with Crippen molar-refractivity contribution in [3.63, 3.8) is 0 Å². The molecule has 0 radical (unpaired) electrons. The summed E-state index contributed by atoms with van der Waals surface area (Å²) in [6, 6.07) is 6.53. The largest absolute Gasteiger partial charge is 0.359 e. The quantitative estimate of drug-likeness (QED) is 0.393. The monoisotopic (exact) mass is 472 g/mol. The predicted octanol–water partition coefficient (Wildman–Crippen LogP) is 3.24. The van der Waals surface area contributed by atoms with E-state index in [1.165, 1.54) is 16.7 Å². The van der Waals surface area contributed by atoms with Gasteiger partial charge >= 0.3 is 0 Å². The Morgan fingerprint density at radius 1 is 1.27 bits per heavy atom. The van der Waals surface area contributed by atoms with Crippen molar-refractivity contribution in [3.05, 3.63) is 34.9 Å². The standard InChI is InChI=1S/C20H32N4O.HI/c1-5-22-20(23-14-18-7-6-15(2)12-16(18)3)24-10-8-17(9-11-24)13-19(25)21-4;/h6-7,12,17H,5,8-11,13-14H2,1-4H3,(H,21,25)(H,22,23);1H. The van der Waals surface area contributed by atoms with Crippen LogP contribution in [0.2, 0.25) is 0 Å². The second-order valence-electron chi connectivity index (χ2n) is 6.91. The molecule has 1 saturated heterocycles. The summed E-state index contributed by atoms with van der Waals surface area (Å²) < 4.78 is 0. The fourth-order valence-electron chi connectivity index (χ4n) is 3.32. The van der Waals surface area contributed by atoms with Gasteiger partial charge in [-0.1, -0.05) is 23.8 Å². The maximum atomic E-state index is 11.6. The molecule has 1 heterocycles. The Kier molecular flexibility index (Phi) is 9.98. The lowest BCUT2D eigenvalue weighted by Gasteiger charge is -2.34. The fourth-order valence-corrected chi connectivity index (χ4v) is 3.32. The highest BCUT2D eigenvalue weighted by molar-refractivity contribution is 14.0. The normalized spacial score (nSPS) is 15.4. The number of guanidine groups is 1. The van der Waals surface area contributed by atoms with Crippen LogP contribution in [0.25, 0.3) is 0 Å². The van der Waals surface area contributed by atoms with E-state index in [1.54, 1.807) is 7.05 Å². The molecule has 0 bridgehead atoms. The van der Waals surface area contributed by atoms with Crippen molar-refractivity contribution in [3.8, 4) is 0 Å². The first-order valence-corrected chi connectivity index (χ1v) is 9.33. The van der Waals surface area contributed by atoms with Crippen LogP contribution >= 0.6 is 24.0 Å². The van der Waals surface area contributed by atoms with Gasteiger partial charge in [0, 0.05) is 33.1 Å². The van der Waals surface area contributed by atoms with E-state index in [-0.39, 0.29) is 29.9 Å². The average molecular weight is 472 g/mol. The number of nitrogens with one attached hydrogen (secondary N) is 2. The summed E-state index contributed by atoms with van der Waals surface area (Å²) in [6.07, 6.45) is 2.73. The number of amides is 1. The minimum atomic E-state index is 0. The van der Waals surface area contributed by atoms with Crippen LogP contribution in [0, 0.1) is 19.8 Å². The first-order valence-electron chi connectivity index (χ1n) is 9.33. The molecule has 0 atom stereocenters. The first kappa shape index (κ1) is 22.7. The molecule has 1 amide bonds. The Morgan fingerprint density at radius 2 is 1.96 bits per heavy atom. The number of halogens is 1. The van der Waals surface area contributed by atoms with Crippen LogP contribution in [-0.4, -0.2) is 43.4 Å². The van der Waals surface area contributed by atoms with Gasteiger partial charge in [0.15, 0.2) is 5.96 Å². The van der Waals surface area contributed by atoms with Crippen LogP contribution < -0.4 is 10.6 Å². The van der Waals surface area contributed by atoms with E-state index in [9.17, 15) is 4.79 Å². The molecular formula is C20H33IN4O. The lowest BCUT2D eigenvalue weighted by molar-refractivity contribution is -0.121. The van der Waals surface area contributed by atoms with E-state index in [4.69, 9.17) is 4.99 Å². The van der Waals surface area contributed by atoms with Gasteiger partial charge in [0.2, 0.25) is 5.91 Å². The fraction of sp³-hybridized carbons (Fsp3) is 0.600. The number of aryl methyl sites for hydroxylation is 2. The first-order chi connectivity index (χ1) is 12.0. The van der Waals surface area contributed by atoms with Crippen molar-refractivity contribution in [2.45, 2.75) is 46.6 Å². The van der Waals surface area contributed by atoms with E-state index >= 15 is 0 Å². The number of aliphatic imine (C=N–C) groups is 1. The van der Waals surface area contributed by atoms with Crippen LogP contribution in [0.15, 0.2) is 23.2 Å². The number of carbonyl (C=O) groups excluding carboxylic acids is 1. The van der Waals surface area contributed by atoms with Crippen molar-refractivity contribution in [1.82, 2.24) is 15.5 Å². The molecule has 1 aromatic carbocycles. The number of carbonyl (C=O) groups is 1. The van der Waals surface area contributed by atoms with E-state index in [2.05, 4.69) is 54.5 Å². The molecule has 5 nitrogen and oxygen atoms in total. The highest BCUT2D eigenvalue weighted by atomic mass is 127. The van der Waals surface area contributed by atoms with Gasteiger partial charge in [-0.05, 0) is 50.7 Å². The predicted molar refractivity (Wildman–Crippen MR) is 119 cm³/mol. The third-order valence-electron chi connectivity index (χ3n) is 4.90. The summed E-state index contributed by atoms with van der Waals surface area (Å²) >= 11 is 0. The number of nitrogens with zero attached hydrogens (tertiary/aromatic N) is 2. The number of likely N-dealkylation sites (tertiary alicyclic amines) is 1. The average Bonchev–Trinajstić information content (AvgIpc) is 2.60. The summed E-state index contributed by atoms with van der Waals surface area (Å²) in [7, 11) is 1.71. The van der Waals surface area contributed by atoms with Crippen molar-refractivity contribution >= 4 is 35.8 Å². The molecule has 0 unspecified atom stereocenters. The molecule has 0 aromatic heterocycles. The van der Waals surface area contributed by atoms with Crippen LogP contribution in [-0.2, 0) is 11.3 Å². The molecule has 146 valence electrons. The summed E-state index contributed by atoms with van der Waals surface area (Å²) in [5, 5.41) is 6.14. The van der Waals surface area contributed by atoms with E-state index in [1.807, 2.05) is 0 Å². The van der Waals surface area contributed by atoms with Gasteiger partial charge in [-0.2, -0.15) is 0 Å². The zero-order valence-electron chi connectivity index (χ0n) is 16.5. The molecule has 1 aliphatic rings. The molecule has 6 heteroatoms. The molecular weight excluding hydrogens is 439 g/mol. The second-order valence-corrected chi connectivity index (χ2v) is 6.91. The molecule has 2 rings (SSSR count). The summed E-state index contributed by atoms with van der Waals surface area (Å²) in [4.78, 5) is 18.7. The maximum absolute atomic E-state index is 11.6. The number of piperidine rings is 1. The summed E-state index contributed by atoms with van der Waals surface area (Å²) in [6.45, 7) is 9.85. The van der Waals surface area contributed by atoms with Crippen LogP contribution in [0.5, 0.6) is 0 Å². The van der Waals surface area contributed by atoms with Gasteiger partial charge in [-0.25, -0.2) is 4.99 Å². The number of hydrogen-bond donors (Lipinski definition) is 2. The van der Waals surface area contributed by atoms with Gasteiger partial charge in [0.05, 0.1) is 6.54 Å². The highest BCUT2D eigenvalue weighted by Crippen LogP contribution is 2.20. The zero-order chi connectivity index (χ0) is 18.2. The Hall–Kier alpha value is -1.31. The minimum Gasteiger partial charge on any atom is -0.359 e. The van der Waals surface area contributed by atoms with Crippen LogP contribution in [0.4, 0.5) is 0 Å². The van der Waals surface area contributed by atoms with Crippen molar-refractivity contribution < 1.29 is 4.79 Å². The second kappa shape index (κ2) is 11.4. The third-order valence-corrected chi connectivity index (χ3v) is 4.90. The van der Waals surface area contributed by atoms with E-state index in [0.717, 1.165) is 38.4 Å². The molecule has 0 aliphatic carbocycles. The molecule has 26 heavy (non-hydrogen) atoms. The van der Waals surface area contributed by atoms with Crippen LogP contribution in [0.3, 0.4) is 0 Å². The Bertz CT molecular complexity index is 610. The number of rotatable bonds is 5. The van der Waals surface area contributed by atoms with E-state index in [0.29, 0.717) is 18.9 Å². The van der Waals surface area contributed by atoms with Gasteiger partial charge in [-0.3, -0.25) is 4.79 Å². The van der Waals surface area contributed by atoms with Crippen molar-refractivity contribution in [1.29, 1.82) is 0 Å². The van der Waals surface area contributed by atoms with Gasteiger partial charge in [0.25, 0.3) is 0 Å². The molecule has 0 saturated carbocycles. The molecule has 2 N–H and O–H groups in total. The lowest BCUT2D eigenvalue weighted by atomic mass is 9.93. The number of benzene rings is 1. The number of hydrogen-bond acceptors (Lipinski definition) is 2. The van der Waals surface area contributed by atoms with Gasteiger partial charge in [0.1, 0.15) is 0 Å². The van der Waals surface area contributed by atoms with Gasteiger partial charge in [-0.15, -0.1) is 24.0 Å². The van der Waals surface area contributed by atoms with E-state index < -0.39 is 0 Å². The van der Waals surface area contributed by atoms with Crippen LogP contribution in [0.1, 0.15) is 42.9 Å². The SMILES string of the molecule is CCNC(=NCc1ccc(C)cc1C)N1CCC(CC(=O)NC)CC1.I. The summed E-state index contributed by atoms with van der Waals surface area (Å²) in [5.74, 6) is 1.62. The topological polar surface area (TPSA) is 56.7 Å². The molecule has 0 spiro atoms. The Balaban J connectivity index is 0.00000338. The molecule has 1 fully saturated rings. The molecule has 1 aliphatic heterocycles. The Labute approximate surface area is 175 Å². The smallest absolute Gasteiger partial charge is 0.220 e. The lowest BCUT2D eigenvalue weighted by Crippen LogP contribution is -2.46. The summed E-state index contributed by atoms with van der Waals surface area (Å²) in [5.41, 5.74) is 3.86.